The summed E-state index contributed by atoms with van der Waals surface area (Å²) in [6.45, 7) is 4.39. The highest BCUT2D eigenvalue weighted by molar-refractivity contribution is 6.21. The van der Waals surface area contributed by atoms with Gasteiger partial charge in [0.2, 0.25) is 0 Å². The summed E-state index contributed by atoms with van der Waals surface area (Å²) in [5.74, 6) is 1.51. The SMILES string of the molecule is CCc1ccc(-c2cccc(C3=NC(c4ccc(-c5cc6ccccc6c6ccccc56)c5ccccc45)=NC(c4cccc(-c5ccc(CC)cc5)c4)N3)c2)cc1. The van der Waals surface area contributed by atoms with E-state index in [1.165, 1.54) is 60.3 Å². The first-order chi connectivity index (χ1) is 28.6. The number of fused-ring (bicyclic) bond motifs is 4. The van der Waals surface area contributed by atoms with Gasteiger partial charge in [0.05, 0.1) is 0 Å². The molecule has 1 aliphatic rings. The standard InChI is InChI=1S/C55H43N3/c1-3-36-23-27-38(28-24-36)40-14-11-16-43(33-40)53-56-54(44-17-12-15-41(34-44)39-29-25-37(4-2)26-30-39)58-55(57-53)51-32-31-50(47-20-8-9-21-48(47)51)52-35-42-13-5-6-18-45(42)46-19-7-10-22-49(46)52/h5-35,53H,3-4H2,1-2H3,(H,56,57,58). The van der Waals surface area contributed by atoms with E-state index in [2.05, 4.69) is 207 Å². The molecule has 58 heavy (non-hydrogen) atoms. The molecular weight excluding hydrogens is 703 g/mol. The molecule has 0 saturated heterocycles. The molecule has 0 radical (unpaired) electrons. The number of nitrogens with one attached hydrogen (secondary N) is 1. The van der Waals surface area contributed by atoms with Crippen LogP contribution in [0.4, 0.5) is 0 Å². The maximum absolute atomic E-state index is 5.42. The zero-order chi connectivity index (χ0) is 39.0. The minimum atomic E-state index is -0.354. The fourth-order valence-corrected chi connectivity index (χ4v) is 8.49. The van der Waals surface area contributed by atoms with E-state index in [1.54, 1.807) is 0 Å². The van der Waals surface area contributed by atoms with E-state index in [9.17, 15) is 0 Å². The van der Waals surface area contributed by atoms with Crippen molar-refractivity contribution in [3.05, 3.63) is 216 Å². The Hall–Kier alpha value is -7.10. The number of hydrogen-bond acceptors (Lipinski definition) is 3. The van der Waals surface area contributed by atoms with E-state index < -0.39 is 0 Å². The van der Waals surface area contributed by atoms with Gasteiger partial charge in [0, 0.05) is 11.1 Å². The molecule has 0 aromatic heterocycles. The molecule has 0 bridgehead atoms. The molecule has 3 heteroatoms. The predicted molar refractivity (Wildman–Crippen MR) is 246 cm³/mol. The van der Waals surface area contributed by atoms with E-state index in [0.29, 0.717) is 5.84 Å². The molecular formula is C55H43N3. The Morgan fingerprint density at radius 1 is 0.414 bits per heavy atom. The number of hydrogen-bond donors (Lipinski definition) is 1. The first-order valence-corrected chi connectivity index (χ1v) is 20.4. The van der Waals surface area contributed by atoms with Gasteiger partial charge in [0.25, 0.3) is 0 Å². The van der Waals surface area contributed by atoms with E-state index in [4.69, 9.17) is 9.98 Å². The van der Waals surface area contributed by atoms with Crippen LogP contribution in [0, 0.1) is 0 Å². The average Bonchev–Trinajstić information content (AvgIpc) is 3.31. The summed E-state index contributed by atoms with van der Waals surface area (Å²) >= 11 is 0. The molecule has 1 aliphatic heterocycles. The smallest absolute Gasteiger partial charge is 0.160 e. The Morgan fingerprint density at radius 2 is 0.948 bits per heavy atom. The highest BCUT2D eigenvalue weighted by Gasteiger charge is 2.24. The highest BCUT2D eigenvalue weighted by atomic mass is 15.2. The summed E-state index contributed by atoms with van der Waals surface area (Å²) in [5.41, 5.74) is 12.9. The summed E-state index contributed by atoms with van der Waals surface area (Å²) in [4.78, 5) is 10.8. The number of aryl methyl sites for hydroxylation is 2. The van der Waals surface area contributed by atoms with E-state index in [0.717, 1.165) is 51.9 Å². The van der Waals surface area contributed by atoms with Crippen molar-refractivity contribution in [3.63, 3.8) is 0 Å². The fraction of sp³-hybridized carbons (Fsp3) is 0.0909. The third kappa shape index (κ3) is 6.55. The molecule has 0 saturated carbocycles. The average molecular weight is 746 g/mol. The van der Waals surface area contributed by atoms with Crippen LogP contribution < -0.4 is 5.32 Å². The number of amidine groups is 2. The minimum Gasteiger partial charge on any atom is -0.344 e. The van der Waals surface area contributed by atoms with Crippen molar-refractivity contribution in [2.24, 2.45) is 9.98 Å². The molecule has 3 nitrogen and oxygen atoms in total. The third-order valence-electron chi connectivity index (χ3n) is 11.7. The van der Waals surface area contributed by atoms with Crippen molar-refractivity contribution in [1.82, 2.24) is 5.32 Å². The molecule has 9 aromatic carbocycles. The van der Waals surface area contributed by atoms with Crippen molar-refractivity contribution in [2.45, 2.75) is 32.9 Å². The number of nitrogens with zero attached hydrogens (tertiary/aromatic N) is 2. The fourth-order valence-electron chi connectivity index (χ4n) is 8.49. The van der Waals surface area contributed by atoms with Crippen molar-refractivity contribution in [2.75, 3.05) is 0 Å². The second-order valence-corrected chi connectivity index (χ2v) is 15.2. The monoisotopic (exact) mass is 745 g/mol. The number of aliphatic imine (C=N–C) groups is 2. The van der Waals surface area contributed by atoms with Crippen molar-refractivity contribution in [3.8, 4) is 33.4 Å². The van der Waals surface area contributed by atoms with E-state index in [-0.39, 0.29) is 6.17 Å². The van der Waals surface area contributed by atoms with Crippen LogP contribution in [0.5, 0.6) is 0 Å². The quantitative estimate of drug-likeness (QED) is 0.155. The Labute approximate surface area is 340 Å². The summed E-state index contributed by atoms with van der Waals surface area (Å²) in [7, 11) is 0. The molecule has 10 rings (SSSR count). The zero-order valence-corrected chi connectivity index (χ0v) is 32.8. The van der Waals surface area contributed by atoms with Gasteiger partial charge < -0.3 is 5.32 Å². The topological polar surface area (TPSA) is 36.8 Å². The van der Waals surface area contributed by atoms with Crippen LogP contribution in [0.1, 0.15) is 47.8 Å². The Balaban J connectivity index is 1.13. The number of benzene rings is 9. The van der Waals surface area contributed by atoms with Gasteiger partial charge in [-0.3, -0.25) is 0 Å². The van der Waals surface area contributed by atoms with Crippen LogP contribution in [0.3, 0.4) is 0 Å². The van der Waals surface area contributed by atoms with Crippen LogP contribution in [-0.4, -0.2) is 11.7 Å². The molecule has 1 N–H and O–H groups in total. The lowest BCUT2D eigenvalue weighted by Gasteiger charge is -2.25. The van der Waals surface area contributed by atoms with Gasteiger partial charge in [-0.2, -0.15) is 0 Å². The van der Waals surface area contributed by atoms with Gasteiger partial charge in [-0.1, -0.05) is 178 Å². The summed E-state index contributed by atoms with van der Waals surface area (Å²) in [6.07, 6.45) is 1.68. The Morgan fingerprint density at radius 3 is 1.62 bits per heavy atom. The number of rotatable bonds is 8. The van der Waals surface area contributed by atoms with Gasteiger partial charge in [0.1, 0.15) is 12.0 Å². The van der Waals surface area contributed by atoms with Crippen LogP contribution in [0.15, 0.2) is 198 Å². The molecule has 1 heterocycles. The normalized spacial score (nSPS) is 14.0. The van der Waals surface area contributed by atoms with Gasteiger partial charge >= 0.3 is 0 Å². The van der Waals surface area contributed by atoms with Crippen LogP contribution >= 0.6 is 0 Å². The van der Waals surface area contributed by atoms with Crippen LogP contribution in [-0.2, 0) is 12.8 Å². The second-order valence-electron chi connectivity index (χ2n) is 15.2. The lowest BCUT2D eigenvalue weighted by atomic mass is 9.89. The van der Waals surface area contributed by atoms with Crippen LogP contribution in [0.25, 0.3) is 65.7 Å². The maximum atomic E-state index is 5.42. The van der Waals surface area contributed by atoms with Crippen molar-refractivity contribution < 1.29 is 0 Å². The Bertz CT molecular complexity index is 3040. The highest BCUT2D eigenvalue weighted by Crippen LogP contribution is 2.39. The van der Waals surface area contributed by atoms with Crippen molar-refractivity contribution in [1.29, 1.82) is 0 Å². The molecule has 0 amide bonds. The minimum absolute atomic E-state index is 0.354. The predicted octanol–water partition coefficient (Wildman–Crippen LogP) is 13.8. The van der Waals surface area contributed by atoms with Crippen molar-refractivity contribution >= 4 is 44.0 Å². The lowest BCUT2D eigenvalue weighted by molar-refractivity contribution is 0.674. The van der Waals surface area contributed by atoms with Gasteiger partial charge in [-0.25, -0.2) is 9.98 Å². The van der Waals surface area contributed by atoms with Gasteiger partial charge in [0.15, 0.2) is 5.84 Å². The molecule has 278 valence electrons. The molecule has 1 unspecified atom stereocenters. The van der Waals surface area contributed by atoms with E-state index in [1.807, 2.05) is 0 Å². The largest absolute Gasteiger partial charge is 0.344 e. The summed E-state index contributed by atoms with van der Waals surface area (Å²) in [6, 6.07) is 68.2. The first-order valence-electron chi connectivity index (χ1n) is 20.4. The molecule has 0 fully saturated rings. The Kier molecular flexibility index (Phi) is 9.20. The third-order valence-corrected chi connectivity index (χ3v) is 11.7. The molecule has 0 aliphatic carbocycles. The lowest BCUT2D eigenvalue weighted by Crippen LogP contribution is -2.33. The second kappa shape index (κ2) is 15.1. The zero-order valence-electron chi connectivity index (χ0n) is 32.8. The first kappa shape index (κ1) is 35.3. The van der Waals surface area contributed by atoms with Gasteiger partial charge in [-0.15, -0.1) is 0 Å². The van der Waals surface area contributed by atoms with E-state index >= 15 is 0 Å². The van der Waals surface area contributed by atoms with Crippen LogP contribution in [0.2, 0.25) is 0 Å². The summed E-state index contributed by atoms with van der Waals surface area (Å²) in [5, 5.41) is 11.1. The molecule has 1 atom stereocenters. The maximum Gasteiger partial charge on any atom is 0.160 e. The molecule has 0 spiro atoms. The molecule has 9 aromatic rings. The summed E-state index contributed by atoms with van der Waals surface area (Å²) < 4.78 is 0. The van der Waals surface area contributed by atoms with Gasteiger partial charge in [-0.05, 0) is 119 Å².